The van der Waals surface area contributed by atoms with Crippen molar-refractivity contribution in [2.24, 2.45) is 11.8 Å². The summed E-state index contributed by atoms with van der Waals surface area (Å²) >= 11 is 0. The van der Waals surface area contributed by atoms with Crippen LogP contribution in [0.1, 0.15) is 55.2 Å². The van der Waals surface area contributed by atoms with Crippen LogP contribution in [0.2, 0.25) is 0 Å². The first-order valence-electron chi connectivity index (χ1n) is 11.8. The molecule has 0 bridgehead atoms. The van der Waals surface area contributed by atoms with Crippen LogP contribution in [0.3, 0.4) is 0 Å². The van der Waals surface area contributed by atoms with Crippen LogP contribution in [0.5, 0.6) is 0 Å². The summed E-state index contributed by atoms with van der Waals surface area (Å²) in [6.07, 6.45) is 6.66. The molecule has 0 unspecified atom stereocenters. The van der Waals surface area contributed by atoms with Crippen LogP contribution < -0.4 is 0 Å². The maximum Gasteiger partial charge on any atom is 0.248 e. The van der Waals surface area contributed by atoms with Crippen LogP contribution in [0.25, 0.3) is 12.2 Å². The Bertz CT molecular complexity index is 1110. The third kappa shape index (κ3) is 5.22. The number of nitrogens with zero attached hydrogens (tertiary/aromatic N) is 3. The summed E-state index contributed by atoms with van der Waals surface area (Å²) in [7, 11) is -3.77. The second kappa shape index (κ2) is 9.81. The Morgan fingerprint density at radius 3 is 2.27 bits per heavy atom. The van der Waals surface area contributed by atoms with E-state index in [1.54, 1.807) is 13.0 Å². The fourth-order valence-corrected chi connectivity index (χ4v) is 6.33. The van der Waals surface area contributed by atoms with E-state index >= 15 is 0 Å². The highest BCUT2D eigenvalue weighted by molar-refractivity contribution is 7.89. The smallest absolute Gasteiger partial charge is 0.248 e. The fraction of sp³-hybridized carbons (Fsp3) is 0.520. The number of amides is 1. The van der Waals surface area contributed by atoms with Crippen molar-refractivity contribution in [3.8, 4) is 0 Å². The van der Waals surface area contributed by atoms with Gasteiger partial charge in [0.25, 0.3) is 0 Å². The summed E-state index contributed by atoms with van der Waals surface area (Å²) < 4.78 is 33.7. The van der Waals surface area contributed by atoms with Gasteiger partial charge in [-0.15, -0.1) is 0 Å². The molecule has 33 heavy (non-hydrogen) atoms. The number of carbonyl (C=O) groups excluding carboxylic acids is 1. The fourth-order valence-electron chi connectivity index (χ4n) is 4.61. The molecule has 0 aliphatic carbocycles. The standard InChI is InChI=1S/C25H33N3O4S/c1-18-4-6-21(7-5-18)8-9-23-24(20(3)26-32-23)33(30,31)28-16-12-22(13-17-28)25(29)27-14-10-19(2)11-15-27/h4-9,19,22H,10-17H2,1-3H3/b9-8+. The van der Waals surface area contributed by atoms with Gasteiger partial charge in [0.05, 0.1) is 0 Å². The largest absolute Gasteiger partial charge is 0.355 e. The van der Waals surface area contributed by atoms with E-state index < -0.39 is 10.0 Å². The minimum atomic E-state index is -3.77. The second-order valence-corrected chi connectivity index (χ2v) is 11.3. The Morgan fingerprint density at radius 2 is 1.64 bits per heavy atom. The first kappa shape index (κ1) is 23.7. The molecule has 2 aliphatic rings. The van der Waals surface area contributed by atoms with Gasteiger partial charge >= 0.3 is 0 Å². The summed E-state index contributed by atoms with van der Waals surface area (Å²) in [5.74, 6) is 0.979. The highest BCUT2D eigenvalue weighted by Crippen LogP contribution is 2.30. The van der Waals surface area contributed by atoms with E-state index in [1.807, 2.05) is 42.2 Å². The Hall–Kier alpha value is -2.45. The van der Waals surface area contributed by atoms with Crippen molar-refractivity contribution in [2.75, 3.05) is 26.2 Å². The Balaban J connectivity index is 1.44. The van der Waals surface area contributed by atoms with Crippen LogP contribution in [0.15, 0.2) is 33.7 Å². The third-order valence-electron chi connectivity index (χ3n) is 6.83. The number of benzene rings is 1. The van der Waals surface area contributed by atoms with E-state index in [1.165, 1.54) is 4.31 Å². The van der Waals surface area contributed by atoms with Gasteiger partial charge in [-0.2, -0.15) is 4.31 Å². The average molecular weight is 472 g/mol. The van der Waals surface area contributed by atoms with E-state index in [9.17, 15) is 13.2 Å². The molecule has 7 nitrogen and oxygen atoms in total. The summed E-state index contributed by atoms with van der Waals surface area (Å²) in [6, 6.07) is 7.93. The summed E-state index contributed by atoms with van der Waals surface area (Å²) in [5.41, 5.74) is 2.45. The lowest BCUT2D eigenvalue weighted by atomic mass is 9.93. The molecule has 0 atom stereocenters. The van der Waals surface area contributed by atoms with Gasteiger partial charge in [-0.25, -0.2) is 8.42 Å². The van der Waals surface area contributed by atoms with E-state index in [0.717, 1.165) is 37.1 Å². The number of hydrogen-bond donors (Lipinski definition) is 0. The summed E-state index contributed by atoms with van der Waals surface area (Å²) in [4.78, 5) is 15.0. The lowest BCUT2D eigenvalue weighted by molar-refractivity contribution is -0.138. The number of aryl methyl sites for hydroxylation is 2. The Morgan fingerprint density at radius 1 is 1.00 bits per heavy atom. The molecule has 1 aromatic heterocycles. The van der Waals surface area contributed by atoms with Gasteiger partial charge < -0.3 is 9.42 Å². The van der Waals surface area contributed by atoms with E-state index in [0.29, 0.717) is 37.5 Å². The zero-order valence-corrected chi connectivity index (χ0v) is 20.5. The van der Waals surface area contributed by atoms with Gasteiger partial charge in [-0.1, -0.05) is 48.0 Å². The quantitative estimate of drug-likeness (QED) is 0.655. The maximum atomic E-state index is 13.5. The SMILES string of the molecule is Cc1ccc(/C=C/c2onc(C)c2S(=O)(=O)N2CCC(C(=O)N3CCC(C)CC3)CC2)cc1. The molecule has 1 amide bonds. The summed E-state index contributed by atoms with van der Waals surface area (Å²) in [5, 5.41) is 3.92. The molecule has 1 aromatic carbocycles. The van der Waals surface area contributed by atoms with Crippen molar-refractivity contribution in [2.45, 2.75) is 51.3 Å². The molecule has 0 N–H and O–H groups in total. The van der Waals surface area contributed by atoms with Gasteiger partial charge in [0.15, 0.2) is 10.7 Å². The minimum Gasteiger partial charge on any atom is -0.355 e. The zero-order chi connectivity index (χ0) is 23.6. The van der Waals surface area contributed by atoms with E-state index in [-0.39, 0.29) is 22.5 Å². The molecular formula is C25H33N3O4S. The summed E-state index contributed by atoms with van der Waals surface area (Å²) in [6.45, 7) is 8.17. The van der Waals surface area contributed by atoms with Crippen molar-refractivity contribution in [1.82, 2.24) is 14.4 Å². The van der Waals surface area contributed by atoms with Crippen LogP contribution in [0, 0.1) is 25.7 Å². The van der Waals surface area contributed by atoms with Crippen molar-refractivity contribution >= 4 is 28.1 Å². The van der Waals surface area contributed by atoms with Crippen LogP contribution in [0.4, 0.5) is 0 Å². The van der Waals surface area contributed by atoms with Crippen molar-refractivity contribution in [3.05, 3.63) is 46.8 Å². The molecule has 8 heteroatoms. The van der Waals surface area contributed by atoms with Gasteiger partial charge in [0.2, 0.25) is 15.9 Å². The topological polar surface area (TPSA) is 83.7 Å². The lowest BCUT2D eigenvalue weighted by Gasteiger charge is -2.36. The molecule has 0 spiro atoms. The van der Waals surface area contributed by atoms with Crippen molar-refractivity contribution < 1.29 is 17.7 Å². The van der Waals surface area contributed by atoms with Crippen LogP contribution >= 0.6 is 0 Å². The van der Waals surface area contributed by atoms with E-state index in [2.05, 4.69) is 12.1 Å². The molecular weight excluding hydrogens is 438 g/mol. The van der Waals surface area contributed by atoms with E-state index in [4.69, 9.17) is 4.52 Å². The molecule has 2 fully saturated rings. The molecule has 2 aliphatic heterocycles. The van der Waals surface area contributed by atoms with Crippen LogP contribution in [-0.2, 0) is 14.8 Å². The zero-order valence-electron chi connectivity index (χ0n) is 19.7. The molecule has 178 valence electrons. The number of likely N-dealkylation sites (tertiary alicyclic amines) is 1. The number of rotatable bonds is 5. The third-order valence-corrected chi connectivity index (χ3v) is 8.89. The minimum absolute atomic E-state index is 0.102. The monoisotopic (exact) mass is 471 g/mol. The molecule has 2 saturated heterocycles. The number of piperidine rings is 2. The average Bonchev–Trinajstić information content (AvgIpc) is 3.20. The molecule has 0 radical (unpaired) electrons. The maximum absolute atomic E-state index is 13.5. The first-order valence-corrected chi connectivity index (χ1v) is 13.2. The molecule has 0 saturated carbocycles. The van der Waals surface area contributed by atoms with Crippen molar-refractivity contribution in [1.29, 1.82) is 0 Å². The molecule has 2 aromatic rings. The number of hydrogen-bond acceptors (Lipinski definition) is 5. The van der Waals surface area contributed by atoms with Crippen molar-refractivity contribution in [3.63, 3.8) is 0 Å². The Labute approximate surface area is 196 Å². The molecule has 3 heterocycles. The highest BCUT2D eigenvalue weighted by Gasteiger charge is 2.37. The highest BCUT2D eigenvalue weighted by atomic mass is 32.2. The number of carbonyl (C=O) groups is 1. The normalized spacial score (nSPS) is 19.4. The predicted octanol–water partition coefficient (Wildman–Crippen LogP) is 4.12. The van der Waals surface area contributed by atoms with Crippen LogP contribution in [-0.4, -0.2) is 54.9 Å². The van der Waals surface area contributed by atoms with Gasteiger partial charge in [0.1, 0.15) is 5.69 Å². The first-order chi connectivity index (χ1) is 15.8. The molecule has 4 rings (SSSR count). The Kier molecular flexibility index (Phi) is 7.05. The van der Waals surface area contributed by atoms with Gasteiger partial charge in [-0.3, -0.25) is 4.79 Å². The van der Waals surface area contributed by atoms with Gasteiger partial charge in [-0.05, 0) is 57.1 Å². The lowest BCUT2D eigenvalue weighted by Crippen LogP contribution is -2.46. The predicted molar refractivity (Wildman–Crippen MR) is 128 cm³/mol. The number of aromatic nitrogens is 1. The van der Waals surface area contributed by atoms with Gasteiger partial charge in [0, 0.05) is 32.1 Å². The second-order valence-electron chi connectivity index (χ2n) is 9.39. The number of sulfonamides is 1.